The number of carbonyl (C=O) groups is 2. The number of aromatic nitrogens is 2. The van der Waals surface area contributed by atoms with E-state index in [1.807, 2.05) is 6.92 Å². The summed E-state index contributed by atoms with van der Waals surface area (Å²) in [6, 6.07) is 11.9. The number of rotatable bonds is 10. The lowest BCUT2D eigenvalue weighted by atomic mass is 10.2. The molecule has 2 N–H and O–H groups in total. The lowest BCUT2D eigenvalue weighted by Crippen LogP contribution is -2.41. The van der Waals surface area contributed by atoms with Gasteiger partial charge < -0.3 is 10.6 Å². The molecule has 0 aliphatic carbocycles. The second-order valence-electron chi connectivity index (χ2n) is 8.11. The first-order valence-corrected chi connectivity index (χ1v) is 11.7. The van der Waals surface area contributed by atoms with Crippen LogP contribution in [-0.4, -0.2) is 27.5 Å². The van der Waals surface area contributed by atoms with Crippen molar-refractivity contribution in [3.8, 4) is 0 Å². The monoisotopic (exact) mass is 484 g/mol. The Kier molecular flexibility index (Phi) is 8.65. The van der Waals surface area contributed by atoms with Gasteiger partial charge in [-0.2, -0.15) is 0 Å². The lowest BCUT2D eigenvalue weighted by molar-refractivity contribution is -0.121. The molecule has 3 aromatic rings. The van der Waals surface area contributed by atoms with Crippen LogP contribution in [0.3, 0.4) is 0 Å². The van der Waals surface area contributed by atoms with Gasteiger partial charge in [0, 0.05) is 30.2 Å². The number of hydrogen-bond acceptors (Lipinski definition) is 4. The summed E-state index contributed by atoms with van der Waals surface area (Å²) in [5.74, 6) is -0.450. The third kappa shape index (κ3) is 5.94. The Morgan fingerprint density at radius 1 is 0.971 bits per heavy atom. The van der Waals surface area contributed by atoms with Crippen molar-refractivity contribution in [3.05, 3.63) is 73.9 Å². The Bertz CT molecular complexity index is 1310. The van der Waals surface area contributed by atoms with E-state index in [4.69, 9.17) is 11.6 Å². The van der Waals surface area contributed by atoms with Gasteiger partial charge in [0.15, 0.2) is 0 Å². The number of anilines is 1. The minimum Gasteiger partial charge on any atom is -0.356 e. The number of hydrogen-bond donors (Lipinski definition) is 2. The maximum absolute atomic E-state index is 13.2. The SMILES string of the molecule is CCCNC(=O)CCCCn1c(=O)c2ccccc2n(CC(=O)Nc2cccc(Cl)c2C)c1=O. The van der Waals surface area contributed by atoms with Gasteiger partial charge in [0.05, 0.1) is 10.9 Å². The molecule has 2 aromatic carbocycles. The Morgan fingerprint density at radius 2 is 1.74 bits per heavy atom. The number of fused-ring (bicyclic) bond motifs is 1. The van der Waals surface area contributed by atoms with Crippen LogP contribution in [0, 0.1) is 6.92 Å². The van der Waals surface area contributed by atoms with Gasteiger partial charge >= 0.3 is 5.69 Å². The van der Waals surface area contributed by atoms with Gasteiger partial charge in [0.25, 0.3) is 5.56 Å². The molecule has 34 heavy (non-hydrogen) atoms. The smallest absolute Gasteiger partial charge is 0.331 e. The molecule has 0 saturated heterocycles. The molecule has 1 heterocycles. The maximum atomic E-state index is 13.2. The zero-order chi connectivity index (χ0) is 24.7. The van der Waals surface area contributed by atoms with Crippen molar-refractivity contribution in [1.82, 2.24) is 14.5 Å². The van der Waals surface area contributed by atoms with E-state index in [9.17, 15) is 19.2 Å². The third-order valence-electron chi connectivity index (χ3n) is 5.58. The average Bonchev–Trinajstić information content (AvgIpc) is 2.82. The fourth-order valence-electron chi connectivity index (χ4n) is 3.71. The van der Waals surface area contributed by atoms with Gasteiger partial charge in [-0.15, -0.1) is 0 Å². The molecule has 9 heteroatoms. The number of carbonyl (C=O) groups excluding carboxylic acids is 2. The summed E-state index contributed by atoms with van der Waals surface area (Å²) in [6.07, 6.45) is 2.23. The molecular weight excluding hydrogens is 456 g/mol. The van der Waals surface area contributed by atoms with Crippen LogP contribution in [0.4, 0.5) is 5.69 Å². The molecule has 0 fully saturated rings. The molecule has 0 aliphatic rings. The largest absolute Gasteiger partial charge is 0.356 e. The number of para-hydroxylation sites is 1. The summed E-state index contributed by atoms with van der Waals surface area (Å²) in [5.41, 5.74) is 0.716. The van der Waals surface area contributed by atoms with Crippen molar-refractivity contribution in [2.45, 2.75) is 52.6 Å². The number of nitrogens with one attached hydrogen (secondary N) is 2. The van der Waals surface area contributed by atoms with Crippen LogP contribution in [0.25, 0.3) is 10.9 Å². The standard InChI is InChI=1S/C25H29ClN4O4/c1-3-14-27-22(31)13-6-7-15-29-24(33)18-9-4-5-12-21(18)30(25(29)34)16-23(32)28-20-11-8-10-19(26)17(20)2/h4-5,8-12H,3,6-7,13-16H2,1-2H3,(H,27,31)(H,28,32). The summed E-state index contributed by atoms with van der Waals surface area (Å²) in [5, 5.41) is 6.48. The fourth-order valence-corrected chi connectivity index (χ4v) is 3.88. The van der Waals surface area contributed by atoms with E-state index in [0.29, 0.717) is 47.4 Å². The summed E-state index contributed by atoms with van der Waals surface area (Å²) >= 11 is 6.13. The highest BCUT2D eigenvalue weighted by molar-refractivity contribution is 6.31. The molecule has 0 bridgehead atoms. The van der Waals surface area contributed by atoms with Crippen LogP contribution < -0.4 is 21.9 Å². The Balaban J connectivity index is 1.83. The molecule has 180 valence electrons. The number of nitrogens with zero attached hydrogens (tertiary/aromatic N) is 2. The van der Waals surface area contributed by atoms with Crippen molar-refractivity contribution < 1.29 is 9.59 Å². The predicted octanol–water partition coefficient (Wildman–Crippen LogP) is 3.46. The van der Waals surface area contributed by atoms with Crippen molar-refractivity contribution >= 4 is 40.0 Å². The van der Waals surface area contributed by atoms with Gasteiger partial charge in [-0.05, 0) is 56.0 Å². The summed E-state index contributed by atoms with van der Waals surface area (Å²) in [6.45, 7) is 4.31. The molecule has 0 unspecified atom stereocenters. The first-order valence-electron chi connectivity index (χ1n) is 11.4. The second-order valence-corrected chi connectivity index (χ2v) is 8.52. The lowest BCUT2D eigenvalue weighted by Gasteiger charge is -2.15. The summed E-state index contributed by atoms with van der Waals surface area (Å²) < 4.78 is 2.45. The van der Waals surface area contributed by atoms with E-state index in [-0.39, 0.29) is 19.0 Å². The normalized spacial score (nSPS) is 10.9. The third-order valence-corrected chi connectivity index (χ3v) is 5.99. The van der Waals surface area contributed by atoms with Crippen LogP contribution in [0.15, 0.2) is 52.1 Å². The van der Waals surface area contributed by atoms with E-state index in [1.54, 1.807) is 49.4 Å². The number of halogens is 1. The van der Waals surface area contributed by atoms with Gasteiger partial charge in [0.1, 0.15) is 6.54 Å². The number of unbranched alkanes of at least 4 members (excludes halogenated alkanes) is 1. The van der Waals surface area contributed by atoms with E-state index < -0.39 is 17.2 Å². The molecule has 8 nitrogen and oxygen atoms in total. The second kappa shape index (κ2) is 11.7. The highest BCUT2D eigenvalue weighted by atomic mass is 35.5. The molecule has 0 spiro atoms. The van der Waals surface area contributed by atoms with Gasteiger partial charge in [-0.3, -0.25) is 23.5 Å². The Hall–Kier alpha value is -3.39. The van der Waals surface area contributed by atoms with Crippen LogP contribution in [0.1, 0.15) is 38.2 Å². The molecule has 0 radical (unpaired) electrons. The van der Waals surface area contributed by atoms with Crippen LogP contribution in [0.5, 0.6) is 0 Å². The molecule has 1 aromatic heterocycles. The first kappa shape index (κ1) is 25.2. The molecule has 3 rings (SSSR count). The molecule has 0 aliphatic heterocycles. The number of benzene rings is 2. The highest BCUT2D eigenvalue weighted by Crippen LogP contribution is 2.23. The van der Waals surface area contributed by atoms with E-state index in [0.717, 1.165) is 16.6 Å². The Labute approximate surface area is 202 Å². The average molecular weight is 485 g/mol. The van der Waals surface area contributed by atoms with Crippen molar-refractivity contribution in [2.75, 3.05) is 11.9 Å². The van der Waals surface area contributed by atoms with Gasteiger partial charge in [-0.25, -0.2) is 4.79 Å². The highest BCUT2D eigenvalue weighted by Gasteiger charge is 2.16. The minimum absolute atomic E-state index is 0.0434. The minimum atomic E-state index is -0.558. The maximum Gasteiger partial charge on any atom is 0.331 e. The molecular formula is C25H29ClN4O4. The topological polar surface area (TPSA) is 102 Å². The number of amides is 2. The van der Waals surface area contributed by atoms with Crippen molar-refractivity contribution in [2.24, 2.45) is 0 Å². The Morgan fingerprint density at radius 3 is 2.50 bits per heavy atom. The predicted molar refractivity (Wildman–Crippen MR) is 134 cm³/mol. The van der Waals surface area contributed by atoms with Crippen molar-refractivity contribution in [1.29, 1.82) is 0 Å². The molecule has 0 atom stereocenters. The zero-order valence-corrected chi connectivity index (χ0v) is 20.2. The van der Waals surface area contributed by atoms with E-state index >= 15 is 0 Å². The summed E-state index contributed by atoms with van der Waals surface area (Å²) in [7, 11) is 0. The quantitative estimate of drug-likeness (QED) is 0.430. The summed E-state index contributed by atoms with van der Waals surface area (Å²) in [4.78, 5) is 50.8. The van der Waals surface area contributed by atoms with Crippen molar-refractivity contribution in [3.63, 3.8) is 0 Å². The zero-order valence-electron chi connectivity index (χ0n) is 19.4. The fraction of sp³-hybridized carbons (Fsp3) is 0.360. The van der Waals surface area contributed by atoms with Crippen LogP contribution >= 0.6 is 11.6 Å². The van der Waals surface area contributed by atoms with E-state index in [2.05, 4.69) is 10.6 Å². The van der Waals surface area contributed by atoms with Crippen LogP contribution in [0.2, 0.25) is 5.02 Å². The van der Waals surface area contributed by atoms with Gasteiger partial charge in [0.2, 0.25) is 11.8 Å². The first-order chi connectivity index (χ1) is 16.3. The van der Waals surface area contributed by atoms with Crippen LogP contribution in [-0.2, 0) is 22.7 Å². The molecule has 2 amide bonds. The van der Waals surface area contributed by atoms with E-state index in [1.165, 1.54) is 4.57 Å². The molecule has 0 saturated carbocycles. The van der Waals surface area contributed by atoms with Gasteiger partial charge in [-0.1, -0.05) is 36.7 Å².